The highest BCUT2D eigenvalue weighted by molar-refractivity contribution is 7.18. The maximum atomic E-state index is 4.56. The first-order valence-electron chi connectivity index (χ1n) is 7.17. The van der Waals surface area contributed by atoms with Crippen molar-refractivity contribution in [1.82, 2.24) is 15.3 Å². The van der Waals surface area contributed by atoms with Gasteiger partial charge in [0, 0.05) is 22.2 Å². The molecule has 0 saturated carbocycles. The number of hydrogen-bond donors (Lipinski definition) is 1. The molecule has 3 nitrogen and oxygen atoms in total. The van der Waals surface area contributed by atoms with E-state index in [9.17, 15) is 0 Å². The molecule has 0 bridgehead atoms. The standard InChI is InChI=1S/C15H23N3S/c1-5-11-8-12-14(17-9-18-15(12)19-11)10(4)13(6-2)16-7-3/h8-10,13,16H,5-7H2,1-4H3. The van der Waals surface area contributed by atoms with E-state index in [1.54, 1.807) is 17.7 Å². The summed E-state index contributed by atoms with van der Waals surface area (Å²) in [5.41, 5.74) is 1.19. The Morgan fingerprint density at radius 3 is 2.68 bits per heavy atom. The molecular weight excluding hydrogens is 254 g/mol. The summed E-state index contributed by atoms with van der Waals surface area (Å²) >= 11 is 1.79. The summed E-state index contributed by atoms with van der Waals surface area (Å²) in [4.78, 5) is 11.5. The third-order valence-electron chi connectivity index (χ3n) is 3.70. The van der Waals surface area contributed by atoms with Crippen LogP contribution in [0.3, 0.4) is 0 Å². The first-order valence-corrected chi connectivity index (χ1v) is 7.99. The summed E-state index contributed by atoms with van der Waals surface area (Å²) < 4.78 is 0. The van der Waals surface area contributed by atoms with Gasteiger partial charge in [0.25, 0.3) is 0 Å². The molecule has 1 N–H and O–H groups in total. The minimum absolute atomic E-state index is 0.412. The highest BCUT2D eigenvalue weighted by Crippen LogP contribution is 2.31. The van der Waals surface area contributed by atoms with Crippen molar-refractivity contribution in [3.63, 3.8) is 0 Å². The first-order chi connectivity index (χ1) is 9.21. The molecule has 2 aromatic rings. The van der Waals surface area contributed by atoms with Crippen molar-refractivity contribution >= 4 is 21.6 Å². The zero-order chi connectivity index (χ0) is 13.8. The average molecular weight is 277 g/mol. The van der Waals surface area contributed by atoms with Crippen LogP contribution in [0, 0.1) is 0 Å². The number of hydrogen-bond acceptors (Lipinski definition) is 4. The van der Waals surface area contributed by atoms with Crippen LogP contribution in [0.5, 0.6) is 0 Å². The van der Waals surface area contributed by atoms with Gasteiger partial charge in [-0.2, -0.15) is 0 Å². The topological polar surface area (TPSA) is 37.8 Å². The summed E-state index contributed by atoms with van der Waals surface area (Å²) in [5, 5.41) is 4.80. The molecule has 0 radical (unpaired) electrons. The molecule has 0 fully saturated rings. The molecule has 0 aromatic carbocycles. The molecular formula is C15H23N3S. The number of likely N-dealkylation sites (N-methyl/N-ethyl adjacent to an activating group) is 1. The van der Waals surface area contributed by atoms with Crippen LogP contribution in [-0.2, 0) is 6.42 Å². The van der Waals surface area contributed by atoms with Crippen molar-refractivity contribution in [3.8, 4) is 0 Å². The molecule has 4 heteroatoms. The lowest BCUT2D eigenvalue weighted by Crippen LogP contribution is -2.33. The predicted octanol–water partition coefficient (Wildman–Crippen LogP) is 3.75. The minimum Gasteiger partial charge on any atom is -0.314 e. The summed E-state index contributed by atoms with van der Waals surface area (Å²) in [5.74, 6) is 0.412. The van der Waals surface area contributed by atoms with E-state index in [2.05, 4.69) is 49.0 Å². The Balaban J connectivity index is 2.40. The molecule has 2 atom stereocenters. The van der Waals surface area contributed by atoms with Gasteiger partial charge in [-0.15, -0.1) is 11.3 Å². The van der Waals surface area contributed by atoms with Gasteiger partial charge in [-0.1, -0.05) is 27.7 Å². The Morgan fingerprint density at radius 1 is 1.26 bits per heavy atom. The van der Waals surface area contributed by atoms with Crippen LogP contribution >= 0.6 is 11.3 Å². The van der Waals surface area contributed by atoms with Gasteiger partial charge in [-0.3, -0.25) is 0 Å². The average Bonchev–Trinajstić information content (AvgIpc) is 2.86. The van der Waals surface area contributed by atoms with Crippen LogP contribution in [0.4, 0.5) is 0 Å². The lowest BCUT2D eigenvalue weighted by Gasteiger charge is -2.23. The van der Waals surface area contributed by atoms with E-state index < -0.39 is 0 Å². The van der Waals surface area contributed by atoms with Gasteiger partial charge in [0.05, 0.1) is 5.69 Å². The van der Waals surface area contributed by atoms with E-state index in [0.717, 1.165) is 24.2 Å². The van der Waals surface area contributed by atoms with Crippen LogP contribution in [0.15, 0.2) is 12.4 Å². The number of thiophene rings is 1. The van der Waals surface area contributed by atoms with Gasteiger partial charge >= 0.3 is 0 Å². The second kappa shape index (κ2) is 6.44. The third-order valence-corrected chi connectivity index (χ3v) is 4.89. The predicted molar refractivity (Wildman–Crippen MR) is 83.0 cm³/mol. The van der Waals surface area contributed by atoms with E-state index >= 15 is 0 Å². The Kier molecular flexibility index (Phi) is 4.88. The van der Waals surface area contributed by atoms with E-state index in [1.165, 1.54) is 16.0 Å². The highest BCUT2D eigenvalue weighted by Gasteiger charge is 2.20. The van der Waals surface area contributed by atoms with Crippen LogP contribution in [0.1, 0.15) is 50.6 Å². The van der Waals surface area contributed by atoms with Crippen LogP contribution < -0.4 is 5.32 Å². The summed E-state index contributed by atoms with van der Waals surface area (Å²) in [6, 6.07) is 2.75. The summed E-state index contributed by atoms with van der Waals surface area (Å²) in [7, 11) is 0. The SMILES string of the molecule is CCNC(CC)C(C)c1ncnc2sc(CC)cc12. The number of nitrogens with zero attached hydrogens (tertiary/aromatic N) is 2. The second-order valence-electron chi connectivity index (χ2n) is 4.91. The monoisotopic (exact) mass is 277 g/mol. The van der Waals surface area contributed by atoms with Gasteiger partial charge in [-0.25, -0.2) is 9.97 Å². The maximum Gasteiger partial charge on any atom is 0.127 e. The Hall–Kier alpha value is -1.00. The van der Waals surface area contributed by atoms with Crippen molar-refractivity contribution in [2.75, 3.05) is 6.54 Å². The van der Waals surface area contributed by atoms with Crippen LogP contribution in [0.2, 0.25) is 0 Å². The summed E-state index contributed by atoms with van der Waals surface area (Å²) in [6.07, 6.45) is 3.90. The maximum absolute atomic E-state index is 4.56. The number of aromatic nitrogens is 2. The molecule has 0 spiro atoms. The molecule has 2 unspecified atom stereocenters. The van der Waals surface area contributed by atoms with Gasteiger partial charge in [0.2, 0.25) is 0 Å². The molecule has 0 saturated heterocycles. The van der Waals surface area contributed by atoms with E-state index in [-0.39, 0.29) is 0 Å². The quantitative estimate of drug-likeness (QED) is 0.874. The lowest BCUT2D eigenvalue weighted by molar-refractivity contribution is 0.444. The van der Waals surface area contributed by atoms with Gasteiger partial charge in [-0.05, 0) is 25.5 Å². The normalized spacial score (nSPS) is 14.7. The van der Waals surface area contributed by atoms with Gasteiger partial charge in [0.15, 0.2) is 0 Å². The third kappa shape index (κ3) is 2.95. The van der Waals surface area contributed by atoms with Crippen molar-refractivity contribution in [2.24, 2.45) is 0 Å². The van der Waals surface area contributed by atoms with Gasteiger partial charge < -0.3 is 5.32 Å². The van der Waals surface area contributed by atoms with E-state index in [0.29, 0.717) is 12.0 Å². The van der Waals surface area contributed by atoms with Gasteiger partial charge in [0.1, 0.15) is 11.2 Å². The van der Waals surface area contributed by atoms with Crippen molar-refractivity contribution < 1.29 is 0 Å². The lowest BCUT2D eigenvalue weighted by atomic mass is 9.94. The largest absolute Gasteiger partial charge is 0.314 e. The van der Waals surface area contributed by atoms with E-state index in [4.69, 9.17) is 0 Å². The van der Waals surface area contributed by atoms with E-state index in [1.807, 2.05) is 0 Å². The molecule has 2 aromatic heterocycles. The number of rotatable bonds is 6. The van der Waals surface area contributed by atoms with Crippen LogP contribution in [-0.4, -0.2) is 22.6 Å². The molecule has 0 amide bonds. The second-order valence-corrected chi connectivity index (χ2v) is 6.02. The fourth-order valence-electron chi connectivity index (χ4n) is 2.59. The minimum atomic E-state index is 0.412. The van der Waals surface area contributed by atoms with Crippen LogP contribution in [0.25, 0.3) is 10.2 Å². The molecule has 0 aliphatic carbocycles. The first kappa shape index (κ1) is 14.4. The fourth-order valence-corrected chi connectivity index (χ4v) is 3.53. The number of fused-ring (bicyclic) bond motifs is 1. The molecule has 19 heavy (non-hydrogen) atoms. The van der Waals surface area contributed by atoms with Crippen molar-refractivity contribution in [3.05, 3.63) is 23.0 Å². The smallest absolute Gasteiger partial charge is 0.127 e. The zero-order valence-corrected chi connectivity index (χ0v) is 13.0. The fraction of sp³-hybridized carbons (Fsp3) is 0.600. The Bertz CT molecular complexity index is 535. The zero-order valence-electron chi connectivity index (χ0n) is 12.2. The Morgan fingerprint density at radius 2 is 2.05 bits per heavy atom. The summed E-state index contributed by atoms with van der Waals surface area (Å²) in [6.45, 7) is 9.84. The number of aryl methyl sites for hydroxylation is 1. The molecule has 0 aliphatic rings. The number of nitrogens with one attached hydrogen (secondary N) is 1. The Labute approximate surface area is 119 Å². The molecule has 2 heterocycles. The molecule has 0 aliphatic heterocycles. The van der Waals surface area contributed by atoms with Crippen molar-refractivity contribution in [1.29, 1.82) is 0 Å². The van der Waals surface area contributed by atoms with Crippen molar-refractivity contribution in [2.45, 2.75) is 52.5 Å². The molecule has 104 valence electrons. The highest BCUT2D eigenvalue weighted by atomic mass is 32.1. The molecule has 2 rings (SSSR count).